The summed E-state index contributed by atoms with van der Waals surface area (Å²) in [4.78, 5) is 16.0. The lowest BCUT2D eigenvalue weighted by Crippen LogP contribution is -2.45. The van der Waals surface area contributed by atoms with E-state index in [2.05, 4.69) is 27.2 Å². The summed E-state index contributed by atoms with van der Waals surface area (Å²) in [6.45, 7) is 5.48. The molecule has 26 heavy (non-hydrogen) atoms. The fraction of sp³-hybridized carbons (Fsp3) is 0.550. The topological polar surface area (TPSA) is 62.5 Å². The van der Waals surface area contributed by atoms with Crippen LogP contribution in [-0.4, -0.2) is 58.1 Å². The van der Waals surface area contributed by atoms with Gasteiger partial charge in [-0.25, -0.2) is 0 Å². The molecule has 1 unspecified atom stereocenters. The summed E-state index contributed by atoms with van der Waals surface area (Å²) in [5.41, 5.74) is 1.19. The van der Waals surface area contributed by atoms with Crippen molar-refractivity contribution in [3.8, 4) is 0 Å². The average Bonchev–Trinajstić information content (AvgIpc) is 3.32. The highest BCUT2D eigenvalue weighted by molar-refractivity contribution is 5.73. The Morgan fingerprint density at radius 2 is 1.88 bits per heavy atom. The lowest BCUT2D eigenvalue weighted by Gasteiger charge is -2.36. The van der Waals surface area contributed by atoms with Gasteiger partial charge in [0.1, 0.15) is 0 Å². The molecular formula is C20H26N4O2. The first-order valence-electron chi connectivity index (χ1n) is 9.55. The van der Waals surface area contributed by atoms with Gasteiger partial charge in [-0.2, -0.15) is 0 Å². The predicted molar refractivity (Wildman–Crippen MR) is 97.8 cm³/mol. The first-order chi connectivity index (χ1) is 12.7. The van der Waals surface area contributed by atoms with Crippen LogP contribution in [0, 0.1) is 0 Å². The molecule has 0 saturated carbocycles. The van der Waals surface area contributed by atoms with Crippen molar-refractivity contribution in [2.75, 3.05) is 26.2 Å². The summed E-state index contributed by atoms with van der Waals surface area (Å²) in [5, 5.41) is 8.56. The van der Waals surface area contributed by atoms with E-state index in [0.29, 0.717) is 24.3 Å². The molecule has 138 valence electrons. The number of likely N-dealkylation sites (tertiary alicyclic amines) is 2. The zero-order valence-electron chi connectivity index (χ0n) is 15.3. The number of benzene rings is 1. The fourth-order valence-electron chi connectivity index (χ4n) is 4.14. The smallest absolute Gasteiger partial charge is 0.220 e. The van der Waals surface area contributed by atoms with Gasteiger partial charge in [0.2, 0.25) is 17.7 Å². The molecular weight excluding hydrogens is 328 g/mol. The number of carbonyl (C=O) groups is 1. The van der Waals surface area contributed by atoms with E-state index in [4.69, 9.17) is 4.42 Å². The summed E-state index contributed by atoms with van der Waals surface area (Å²) >= 11 is 0. The highest BCUT2D eigenvalue weighted by atomic mass is 16.4. The molecule has 1 aromatic heterocycles. The number of aromatic nitrogens is 2. The Hall–Kier alpha value is -2.21. The van der Waals surface area contributed by atoms with Gasteiger partial charge in [-0.15, -0.1) is 10.2 Å². The SMILES string of the molecule is CC(=O)N1CCC(N2CCC(c3nnc(Cc4ccccc4)o3)C2)CC1. The quantitative estimate of drug-likeness (QED) is 0.844. The van der Waals surface area contributed by atoms with Crippen molar-refractivity contribution >= 4 is 5.91 Å². The summed E-state index contributed by atoms with van der Waals surface area (Å²) in [6.07, 6.45) is 3.89. The molecule has 2 fully saturated rings. The molecule has 2 aliphatic rings. The first-order valence-corrected chi connectivity index (χ1v) is 9.55. The van der Waals surface area contributed by atoms with E-state index in [9.17, 15) is 4.79 Å². The van der Waals surface area contributed by atoms with E-state index in [1.165, 1.54) is 5.56 Å². The Morgan fingerprint density at radius 1 is 1.12 bits per heavy atom. The Morgan fingerprint density at radius 3 is 2.62 bits per heavy atom. The third kappa shape index (κ3) is 3.80. The van der Waals surface area contributed by atoms with Crippen LogP contribution in [-0.2, 0) is 11.2 Å². The molecule has 2 aliphatic heterocycles. The molecule has 0 radical (unpaired) electrons. The van der Waals surface area contributed by atoms with E-state index in [1.807, 2.05) is 23.1 Å². The van der Waals surface area contributed by atoms with E-state index in [1.54, 1.807) is 6.92 Å². The van der Waals surface area contributed by atoms with Crippen molar-refractivity contribution in [1.82, 2.24) is 20.0 Å². The van der Waals surface area contributed by atoms with Gasteiger partial charge in [0, 0.05) is 32.6 Å². The van der Waals surface area contributed by atoms with Crippen LogP contribution < -0.4 is 0 Å². The van der Waals surface area contributed by atoms with Gasteiger partial charge < -0.3 is 9.32 Å². The summed E-state index contributed by atoms with van der Waals surface area (Å²) < 4.78 is 5.95. The molecule has 1 amide bonds. The van der Waals surface area contributed by atoms with Gasteiger partial charge in [-0.1, -0.05) is 30.3 Å². The lowest BCUT2D eigenvalue weighted by molar-refractivity contribution is -0.130. The first kappa shape index (κ1) is 17.2. The molecule has 0 N–H and O–H groups in total. The zero-order valence-corrected chi connectivity index (χ0v) is 15.3. The van der Waals surface area contributed by atoms with Gasteiger partial charge in [0.15, 0.2) is 0 Å². The summed E-state index contributed by atoms with van der Waals surface area (Å²) in [5.74, 6) is 2.00. The monoisotopic (exact) mass is 354 g/mol. The molecule has 1 atom stereocenters. The number of rotatable bonds is 4. The van der Waals surface area contributed by atoms with Gasteiger partial charge >= 0.3 is 0 Å². The van der Waals surface area contributed by atoms with E-state index < -0.39 is 0 Å². The number of hydrogen-bond donors (Lipinski definition) is 0. The second kappa shape index (κ2) is 7.58. The fourth-order valence-corrected chi connectivity index (χ4v) is 4.14. The summed E-state index contributed by atoms with van der Waals surface area (Å²) in [6, 6.07) is 10.8. The average molecular weight is 354 g/mol. The largest absolute Gasteiger partial charge is 0.425 e. The number of piperidine rings is 1. The highest BCUT2D eigenvalue weighted by Gasteiger charge is 2.34. The van der Waals surface area contributed by atoms with Crippen LogP contribution in [0.4, 0.5) is 0 Å². The molecule has 0 aliphatic carbocycles. The zero-order chi connectivity index (χ0) is 17.9. The second-order valence-electron chi connectivity index (χ2n) is 7.41. The standard InChI is InChI=1S/C20H26N4O2/c1-15(25)23-11-8-18(9-12-23)24-10-7-17(14-24)20-22-21-19(26-20)13-16-5-3-2-4-6-16/h2-6,17-18H,7-14H2,1H3. The summed E-state index contributed by atoms with van der Waals surface area (Å²) in [7, 11) is 0. The Labute approximate surface area is 154 Å². The molecule has 0 bridgehead atoms. The van der Waals surface area contributed by atoms with Crippen LogP contribution >= 0.6 is 0 Å². The molecule has 6 heteroatoms. The molecule has 3 heterocycles. The molecule has 0 spiro atoms. The number of hydrogen-bond acceptors (Lipinski definition) is 5. The van der Waals surface area contributed by atoms with Crippen LogP contribution in [0.15, 0.2) is 34.7 Å². The Balaban J connectivity index is 1.32. The molecule has 2 saturated heterocycles. The van der Waals surface area contributed by atoms with Gasteiger partial charge in [-0.3, -0.25) is 9.69 Å². The Kier molecular flexibility index (Phi) is 5.02. The third-order valence-electron chi connectivity index (χ3n) is 5.68. The van der Waals surface area contributed by atoms with Crippen molar-refractivity contribution in [2.45, 2.75) is 44.6 Å². The maximum Gasteiger partial charge on any atom is 0.220 e. The molecule has 1 aromatic carbocycles. The van der Waals surface area contributed by atoms with Crippen LogP contribution in [0.3, 0.4) is 0 Å². The van der Waals surface area contributed by atoms with E-state index >= 15 is 0 Å². The van der Waals surface area contributed by atoms with Crippen molar-refractivity contribution in [3.05, 3.63) is 47.7 Å². The number of nitrogens with zero attached hydrogens (tertiary/aromatic N) is 4. The highest BCUT2D eigenvalue weighted by Crippen LogP contribution is 2.30. The van der Waals surface area contributed by atoms with Gasteiger partial charge in [0.05, 0.1) is 12.3 Å². The normalized spacial score (nSPS) is 22.0. The van der Waals surface area contributed by atoms with Crippen molar-refractivity contribution < 1.29 is 9.21 Å². The van der Waals surface area contributed by atoms with Crippen molar-refractivity contribution in [2.24, 2.45) is 0 Å². The molecule has 6 nitrogen and oxygen atoms in total. The predicted octanol–water partition coefficient (Wildman–Crippen LogP) is 2.46. The third-order valence-corrected chi connectivity index (χ3v) is 5.68. The van der Waals surface area contributed by atoms with E-state index in [0.717, 1.165) is 51.3 Å². The minimum Gasteiger partial charge on any atom is -0.425 e. The van der Waals surface area contributed by atoms with Crippen LogP contribution in [0.2, 0.25) is 0 Å². The molecule has 2 aromatic rings. The van der Waals surface area contributed by atoms with Crippen LogP contribution in [0.5, 0.6) is 0 Å². The number of carbonyl (C=O) groups excluding carboxylic acids is 1. The van der Waals surface area contributed by atoms with Crippen molar-refractivity contribution in [1.29, 1.82) is 0 Å². The minimum absolute atomic E-state index is 0.194. The van der Waals surface area contributed by atoms with Crippen LogP contribution in [0.25, 0.3) is 0 Å². The van der Waals surface area contributed by atoms with Crippen molar-refractivity contribution in [3.63, 3.8) is 0 Å². The van der Waals surface area contributed by atoms with Gasteiger partial charge in [0.25, 0.3) is 0 Å². The van der Waals surface area contributed by atoms with Gasteiger partial charge in [-0.05, 0) is 31.4 Å². The Bertz CT molecular complexity index is 737. The van der Waals surface area contributed by atoms with E-state index in [-0.39, 0.29) is 5.91 Å². The minimum atomic E-state index is 0.194. The maximum absolute atomic E-state index is 11.5. The lowest BCUT2D eigenvalue weighted by atomic mass is 10.0. The number of amides is 1. The molecule has 4 rings (SSSR count). The second-order valence-corrected chi connectivity index (χ2v) is 7.41. The maximum atomic E-state index is 11.5. The van der Waals surface area contributed by atoms with Crippen LogP contribution in [0.1, 0.15) is 49.4 Å².